The molecule has 90 valence electrons. The van der Waals surface area contributed by atoms with Crippen LogP contribution in [0.2, 0.25) is 0 Å². The third kappa shape index (κ3) is 4.94. The molecule has 0 heterocycles. The fourth-order valence-corrected chi connectivity index (χ4v) is 1.08. The monoisotopic (exact) mass is 224 g/mol. The summed E-state index contributed by atoms with van der Waals surface area (Å²) in [7, 11) is 0. The standard InChI is InChI=1S/C12H20N2O2/c1-5-6-7-12(14,8-9-13)10(15)16-11(2,3)4/h5-6H,7-8,14H2,1-4H3/b6-5+. The highest BCUT2D eigenvalue weighted by Gasteiger charge is 2.36. The van der Waals surface area contributed by atoms with Gasteiger partial charge in [0.25, 0.3) is 0 Å². The van der Waals surface area contributed by atoms with Gasteiger partial charge in [0.15, 0.2) is 0 Å². The lowest BCUT2D eigenvalue weighted by Crippen LogP contribution is -2.50. The van der Waals surface area contributed by atoms with Crippen molar-refractivity contribution in [3.05, 3.63) is 12.2 Å². The Morgan fingerprint density at radius 1 is 1.50 bits per heavy atom. The summed E-state index contributed by atoms with van der Waals surface area (Å²) < 4.78 is 5.20. The SMILES string of the molecule is C/C=C/CC(N)(CC#N)C(=O)OC(C)(C)C. The van der Waals surface area contributed by atoms with Crippen LogP contribution in [0.1, 0.15) is 40.5 Å². The van der Waals surface area contributed by atoms with Gasteiger partial charge >= 0.3 is 5.97 Å². The first kappa shape index (κ1) is 14.7. The van der Waals surface area contributed by atoms with Gasteiger partial charge in [0.05, 0.1) is 12.5 Å². The Balaban J connectivity index is 4.77. The van der Waals surface area contributed by atoms with Gasteiger partial charge in [-0.05, 0) is 34.1 Å². The van der Waals surface area contributed by atoms with Crippen molar-refractivity contribution in [1.29, 1.82) is 5.26 Å². The molecule has 0 aromatic carbocycles. The highest BCUT2D eigenvalue weighted by Crippen LogP contribution is 2.19. The second-order valence-electron chi connectivity index (χ2n) is 4.77. The van der Waals surface area contributed by atoms with Crippen LogP contribution in [0.5, 0.6) is 0 Å². The predicted molar refractivity (Wildman–Crippen MR) is 62.4 cm³/mol. The van der Waals surface area contributed by atoms with Crippen molar-refractivity contribution < 1.29 is 9.53 Å². The van der Waals surface area contributed by atoms with E-state index < -0.39 is 17.1 Å². The van der Waals surface area contributed by atoms with Crippen LogP contribution >= 0.6 is 0 Å². The van der Waals surface area contributed by atoms with E-state index in [1.165, 1.54) is 0 Å². The quantitative estimate of drug-likeness (QED) is 0.584. The Hall–Kier alpha value is -1.34. The van der Waals surface area contributed by atoms with Crippen molar-refractivity contribution >= 4 is 5.97 Å². The van der Waals surface area contributed by atoms with Crippen LogP contribution in [0.25, 0.3) is 0 Å². The highest BCUT2D eigenvalue weighted by molar-refractivity contribution is 5.81. The van der Waals surface area contributed by atoms with Crippen LogP contribution in [-0.4, -0.2) is 17.1 Å². The third-order valence-electron chi connectivity index (χ3n) is 1.92. The summed E-state index contributed by atoms with van der Waals surface area (Å²) in [5.74, 6) is -0.528. The van der Waals surface area contributed by atoms with Crippen molar-refractivity contribution in [2.24, 2.45) is 5.73 Å². The molecule has 0 aliphatic rings. The smallest absolute Gasteiger partial charge is 0.328 e. The van der Waals surface area contributed by atoms with Gasteiger partial charge in [-0.2, -0.15) is 5.26 Å². The van der Waals surface area contributed by atoms with E-state index in [4.69, 9.17) is 15.7 Å². The van der Waals surface area contributed by atoms with E-state index in [1.54, 1.807) is 32.9 Å². The molecule has 16 heavy (non-hydrogen) atoms. The number of carbonyl (C=O) groups excluding carboxylic acids is 1. The van der Waals surface area contributed by atoms with E-state index in [0.717, 1.165) is 0 Å². The van der Waals surface area contributed by atoms with E-state index in [2.05, 4.69) is 0 Å². The third-order valence-corrected chi connectivity index (χ3v) is 1.92. The van der Waals surface area contributed by atoms with Crippen LogP contribution in [0, 0.1) is 11.3 Å². The first-order valence-electron chi connectivity index (χ1n) is 5.25. The fraction of sp³-hybridized carbons (Fsp3) is 0.667. The second-order valence-corrected chi connectivity index (χ2v) is 4.77. The van der Waals surface area contributed by atoms with Crippen LogP contribution < -0.4 is 5.73 Å². The zero-order chi connectivity index (χ0) is 12.8. The first-order chi connectivity index (χ1) is 7.25. The lowest BCUT2D eigenvalue weighted by atomic mass is 9.92. The summed E-state index contributed by atoms with van der Waals surface area (Å²) in [5, 5.41) is 8.69. The molecule has 0 bridgehead atoms. The average molecular weight is 224 g/mol. The molecule has 0 fully saturated rings. The maximum absolute atomic E-state index is 11.8. The van der Waals surface area contributed by atoms with Crippen LogP contribution in [0.4, 0.5) is 0 Å². The van der Waals surface area contributed by atoms with Gasteiger partial charge < -0.3 is 10.5 Å². The lowest BCUT2D eigenvalue weighted by molar-refractivity contribution is -0.161. The molecule has 2 N–H and O–H groups in total. The molecular formula is C12H20N2O2. The Morgan fingerprint density at radius 2 is 2.06 bits per heavy atom. The summed E-state index contributed by atoms with van der Waals surface area (Å²) in [6.07, 6.45) is 3.82. The Morgan fingerprint density at radius 3 is 2.44 bits per heavy atom. The molecule has 0 aromatic heterocycles. The van der Waals surface area contributed by atoms with Crippen LogP contribution in [0.3, 0.4) is 0 Å². The summed E-state index contributed by atoms with van der Waals surface area (Å²) in [6, 6.07) is 1.92. The van der Waals surface area contributed by atoms with Gasteiger partial charge in [0.2, 0.25) is 0 Å². The number of rotatable bonds is 4. The topological polar surface area (TPSA) is 76.1 Å². The molecule has 0 aliphatic carbocycles. The van der Waals surface area contributed by atoms with E-state index >= 15 is 0 Å². The van der Waals surface area contributed by atoms with Crippen LogP contribution in [0.15, 0.2) is 12.2 Å². The molecule has 0 saturated carbocycles. The average Bonchev–Trinajstić information content (AvgIpc) is 2.12. The summed E-state index contributed by atoms with van der Waals surface area (Å²) in [5.41, 5.74) is 4.07. The summed E-state index contributed by atoms with van der Waals surface area (Å²) in [6.45, 7) is 7.15. The van der Waals surface area contributed by atoms with Crippen molar-refractivity contribution in [2.75, 3.05) is 0 Å². The van der Waals surface area contributed by atoms with Gasteiger partial charge in [0, 0.05) is 0 Å². The zero-order valence-corrected chi connectivity index (χ0v) is 10.4. The number of nitriles is 1. The Kier molecular flexibility index (Phi) is 5.19. The minimum Gasteiger partial charge on any atom is -0.459 e. The molecule has 0 radical (unpaired) electrons. The lowest BCUT2D eigenvalue weighted by Gasteiger charge is -2.28. The minimum atomic E-state index is -1.24. The number of hydrogen-bond acceptors (Lipinski definition) is 4. The molecule has 0 amide bonds. The summed E-state index contributed by atoms with van der Waals surface area (Å²) >= 11 is 0. The maximum atomic E-state index is 11.8. The van der Waals surface area contributed by atoms with Crippen molar-refractivity contribution in [2.45, 2.75) is 51.7 Å². The van der Waals surface area contributed by atoms with Gasteiger partial charge in [0.1, 0.15) is 11.1 Å². The van der Waals surface area contributed by atoms with E-state index in [0.29, 0.717) is 6.42 Å². The highest BCUT2D eigenvalue weighted by atomic mass is 16.6. The van der Waals surface area contributed by atoms with Gasteiger partial charge in [-0.3, -0.25) is 0 Å². The first-order valence-corrected chi connectivity index (χ1v) is 5.25. The molecule has 1 unspecified atom stereocenters. The van der Waals surface area contributed by atoms with Gasteiger partial charge in [-0.25, -0.2) is 4.79 Å². The zero-order valence-electron chi connectivity index (χ0n) is 10.4. The van der Waals surface area contributed by atoms with Gasteiger partial charge in [-0.1, -0.05) is 12.2 Å². The van der Waals surface area contributed by atoms with Crippen molar-refractivity contribution in [3.63, 3.8) is 0 Å². The molecule has 0 rings (SSSR count). The molecule has 0 saturated heterocycles. The minimum absolute atomic E-state index is 0.0494. The molecule has 4 heteroatoms. The number of carbonyl (C=O) groups is 1. The fourth-order valence-electron chi connectivity index (χ4n) is 1.08. The number of ether oxygens (including phenoxy) is 1. The Bertz CT molecular complexity index is 310. The van der Waals surface area contributed by atoms with Crippen molar-refractivity contribution in [3.8, 4) is 6.07 Å². The molecule has 1 atom stereocenters. The van der Waals surface area contributed by atoms with E-state index in [1.807, 2.05) is 13.0 Å². The molecule has 0 spiro atoms. The number of esters is 1. The Labute approximate surface area is 97.1 Å². The predicted octanol–water partition coefficient (Wildman–Crippen LogP) is 1.91. The number of allylic oxidation sites excluding steroid dienone is 1. The van der Waals surface area contributed by atoms with Gasteiger partial charge in [-0.15, -0.1) is 0 Å². The molecule has 0 aromatic rings. The largest absolute Gasteiger partial charge is 0.459 e. The molecule has 0 aliphatic heterocycles. The number of nitrogens with zero attached hydrogens (tertiary/aromatic N) is 1. The normalized spacial score (nSPS) is 15.5. The molecular weight excluding hydrogens is 204 g/mol. The number of hydrogen-bond donors (Lipinski definition) is 1. The second kappa shape index (κ2) is 5.66. The van der Waals surface area contributed by atoms with E-state index in [-0.39, 0.29) is 6.42 Å². The number of nitrogens with two attached hydrogens (primary N) is 1. The van der Waals surface area contributed by atoms with Crippen molar-refractivity contribution in [1.82, 2.24) is 0 Å². The van der Waals surface area contributed by atoms with Crippen LogP contribution in [-0.2, 0) is 9.53 Å². The molecule has 4 nitrogen and oxygen atoms in total. The maximum Gasteiger partial charge on any atom is 0.328 e. The summed E-state index contributed by atoms with van der Waals surface area (Å²) in [4.78, 5) is 11.8. The van der Waals surface area contributed by atoms with E-state index in [9.17, 15) is 4.79 Å².